The Bertz CT molecular complexity index is 613. The van der Waals surface area contributed by atoms with E-state index in [9.17, 15) is 0 Å². The van der Waals surface area contributed by atoms with Gasteiger partial charge in [0.1, 0.15) is 12.6 Å². The number of hydrogen-bond acceptors (Lipinski definition) is 0. The number of benzene rings is 1. The molecule has 0 saturated carbocycles. The number of nitrogens with zero attached hydrogens (tertiary/aromatic N) is 1. The number of rotatable bonds is 5. The van der Waals surface area contributed by atoms with Gasteiger partial charge in [0, 0.05) is 16.5 Å². The molecule has 0 aliphatic heterocycles. The van der Waals surface area contributed by atoms with Crippen LogP contribution in [0.3, 0.4) is 0 Å². The molecule has 0 radical (unpaired) electrons. The van der Waals surface area contributed by atoms with E-state index < -0.39 is 0 Å². The van der Waals surface area contributed by atoms with Gasteiger partial charge >= 0.3 is 0 Å². The summed E-state index contributed by atoms with van der Waals surface area (Å²) in [6.07, 6.45) is 9.79. The summed E-state index contributed by atoms with van der Waals surface area (Å²) in [6.45, 7) is 10.4. The smallest absolute Gasteiger partial charge is 0.105 e. The molecule has 0 aromatic heterocycles. The Morgan fingerprint density at radius 1 is 1.24 bits per heavy atom. The van der Waals surface area contributed by atoms with E-state index in [4.69, 9.17) is 11.6 Å². The molecule has 1 nitrogen and oxygen atoms in total. The van der Waals surface area contributed by atoms with Crippen LogP contribution in [0.5, 0.6) is 0 Å². The fourth-order valence-electron chi connectivity index (χ4n) is 3.69. The van der Waals surface area contributed by atoms with E-state index >= 15 is 0 Å². The van der Waals surface area contributed by atoms with Crippen molar-refractivity contribution in [2.24, 2.45) is 11.3 Å². The first-order valence-corrected chi connectivity index (χ1v) is 9.42. The highest BCUT2D eigenvalue weighted by Crippen LogP contribution is 2.41. The molecule has 0 spiro atoms. The topological polar surface area (TPSA) is 0 Å². The van der Waals surface area contributed by atoms with Crippen molar-refractivity contribution < 1.29 is 28.5 Å². The summed E-state index contributed by atoms with van der Waals surface area (Å²) in [7, 11) is 4.61. The lowest BCUT2D eigenvalue weighted by molar-refractivity contribution is -0.919. The van der Waals surface area contributed by atoms with Crippen molar-refractivity contribution in [2.75, 3.05) is 14.1 Å². The van der Waals surface area contributed by atoms with Gasteiger partial charge in [-0.15, -0.1) is 0 Å². The van der Waals surface area contributed by atoms with Crippen molar-refractivity contribution in [1.29, 1.82) is 0 Å². The second-order valence-electron chi connectivity index (χ2n) is 8.64. The predicted octanol–water partition coefficient (Wildman–Crippen LogP) is 3.25. The monoisotopic (exact) mass is 473 g/mol. The van der Waals surface area contributed by atoms with Gasteiger partial charge in [-0.05, 0) is 50.3 Å². The zero-order valence-electron chi connectivity index (χ0n) is 16.5. The second-order valence-corrected chi connectivity index (χ2v) is 9.08. The third-order valence-corrected chi connectivity index (χ3v) is 6.03. The van der Waals surface area contributed by atoms with Crippen LogP contribution in [0, 0.1) is 11.3 Å². The Balaban J connectivity index is 0.00000312. The molecule has 140 valence electrons. The summed E-state index contributed by atoms with van der Waals surface area (Å²) in [4.78, 5) is 0. The van der Waals surface area contributed by atoms with Gasteiger partial charge in [0.15, 0.2) is 0 Å². The van der Waals surface area contributed by atoms with Gasteiger partial charge in [0.05, 0.1) is 14.1 Å². The maximum absolute atomic E-state index is 6.00. The van der Waals surface area contributed by atoms with Crippen LogP contribution in [0.25, 0.3) is 0 Å². The minimum absolute atomic E-state index is 0. The summed E-state index contributed by atoms with van der Waals surface area (Å²) >= 11 is 6.00. The van der Waals surface area contributed by atoms with Gasteiger partial charge in [-0.3, -0.25) is 0 Å². The maximum atomic E-state index is 6.00. The minimum Gasteiger partial charge on any atom is -1.00 e. The number of quaternary nitrogens is 1. The highest BCUT2D eigenvalue weighted by atomic mass is 127. The van der Waals surface area contributed by atoms with Crippen LogP contribution >= 0.6 is 11.6 Å². The third-order valence-electron chi connectivity index (χ3n) is 5.78. The van der Waals surface area contributed by atoms with Crippen molar-refractivity contribution in [3.8, 4) is 0 Å². The van der Waals surface area contributed by atoms with E-state index in [0.29, 0.717) is 17.4 Å². The molecule has 1 aromatic rings. The Kier molecular flexibility index (Phi) is 8.23. The molecule has 2 atom stereocenters. The van der Waals surface area contributed by atoms with Crippen LogP contribution in [0.2, 0.25) is 5.02 Å². The lowest BCUT2D eigenvalue weighted by Crippen LogP contribution is -3.00. The highest BCUT2D eigenvalue weighted by molar-refractivity contribution is 6.30. The Morgan fingerprint density at radius 2 is 1.84 bits per heavy atom. The molecule has 0 bridgehead atoms. The van der Waals surface area contributed by atoms with E-state index in [1.54, 1.807) is 0 Å². The average Bonchev–Trinajstić information content (AvgIpc) is 2.48. The van der Waals surface area contributed by atoms with Crippen LogP contribution in [0.15, 0.2) is 48.1 Å². The van der Waals surface area contributed by atoms with Crippen LogP contribution in [-0.4, -0.2) is 24.6 Å². The highest BCUT2D eigenvalue weighted by Gasteiger charge is 2.31. The lowest BCUT2D eigenvalue weighted by Gasteiger charge is -2.38. The van der Waals surface area contributed by atoms with Gasteiger partial charge in [-0.2, -0.15) is 0 Å². The zero-order valence-corrected chi connectivity index (χ0v) is 19.4. The Labute approximate surface area is 176 Å². The second kappa shape index (κ2) is 9.05. The van der Waals surface area contributed by atoms with Gasteiger partial charge in [-0.1, -0.05) is 55.3 Å². The fourth-order valence-corrected chi connectivity index (χ4v) is 3.82. The predicted molar refractivity (Wildman–Crippen MR) is 106 cm³/mol. The molecule has 0 amide bonds. The van der Waals surface area contributed by atoms with Crippen LogP contribution in [0.4, 0.5) is 0 Å². The summed E-state index contributed by atoms with van der Waals surface area (Å²) in [6, 6.07) is 8.70. The van der Waals surface area contributed by atoms with Gasteiger partial charge < -0.3 is 28.5 Å². The first-order chi connectivity index (χ1) is 11.1. The summed E-state index contributed by atoms with van der Waals surface area (Å²) in [5.74, 6) is 0.559. The van der Waals surface area contributed by atoms with Gasteiger partial charge in [0.25, 0.3) is 0 Å². The molecule has 0 fully saturated rings. The van der Waals surface area contributed by atoms with E-state index in [0.717, 1.165) is 16.1 Å². The van der Waals surface area contributed by atoms with Gasteiger partial charge in [-0.25, -0.2) is 0 Å². The first-order valence-electron chi connectivity index (χ1n) is 9.04. The normalized spacial score (nSPS) is 21.6. The van der Waals surface area contributed by atoms with Gasteiger partial charge in [0.2, 0.25) is 0 Å². The maximum Gasteiger partial charge on any atom is 0.105 e. The molecule has 1 aliphatic rings. The van der Waals surface area contributed by atoms with E-state index in [2.05, 4.69) is 72.2 Å². The molecule has 25 heavy (non-hydrogen) atoms. The number of likely N-dealkylation sites (N-methyl/N-ethyl adjacent to an activating group) is 1. The molecule has 2 unspecified atom stereocenters. The van der Waals surface area contributed by atoms with E-state index in [1.165, 1.54) is 24.0 Å². The molecule has 0 heterocycles. The van der Waals surface area contributed by atoms with Crippen LogP contribution in [-0.2, 0) is 6.54 Å². The molecular weight excluding hydrogens is 441 g/mol. The molecule has 2 rings (SSSR count). The Morgan fingerprint density at radius 3 is 2.40 bits per heavy atom. The fraction of sp³-hybridized carbons (Fsp3) is 0.545. The molecule has 0 N–H and O–H groups in total. The average molecular weight is 474 g/mol. The molecule has 1 aromatic carbocycles. The number of allylic oxidation sites excluding steroid dienone is 3. The summed E-state index contributed by atoms with van der Waals surface area (Å²) < 4.78 is 0.939. The van der Waals surface area contributed by atoms with Crippen molar-refractivity contribution >= 4 is 11.6 Å². The number of halogens is 2. The van der Waals surface area contributed by atoms with Crippen molar-refractivity contribution in [1.82, 2.24) is 0 Å². The minimum atomic E-state index is 0. The van der Waals surface area contributed by atoms with Crippen molar-refractivity contribution in [3.63, 3.8) is 0 Å². The number of hydrogen-bond donors (Lipinski definition) is 0. The largest absolute Gasteiger partial charge is 1.00 e. The summed E-state index contributed by atoms with van der Waals surface area (Å²) in [5, 5.41) is 0.804. The summed E-state index contributed by atoms with van der Waals surface area (Å²) in [5.41, 5.74) is 3.22. The lowest BCUT2D eigenvalue weighted by atomic mass is 9.68. The standard InChI is InChI=1S/C22H33ClN.HI/c1-17-8-7-15-22(3,4)21(17)14-9-18(2)24(5,6)16-19-10-12-20(23)13-11-19;/h8-14,18,21H,7,15-16H2,1-6H3;1H/q+1;/p-1/b14-9+;. The van der Waals surface area contributed by atoms with E-state index in [1.807, 2.05) is 12.1 Å². The molecule has 1 aliphatic carbocycles. The Hall–Kier alpha value is -0.320. The van der Waals surface area contributed by atoms with Crippen molar-refractivity contribution in [2.45, 2.75) is 53.1 Å². The molecule has 0 saturated heterocycles. The van der Waals surface area contributed by atoms with E-state index in [-0.39, 0.29) is 24.0 Å². The zero-order chi connectivity index (χ0) is 18.0. The molecule has 3 heteroatoms. The molecular formula is C22H33ClIN. The van der Waals surface area contributed by atoms with Crippen molar-refractivity contribution in [3.05, 3.63) is 58.7 Å². The quantitative estimate of drug-likeness (QED) is 0.350. The first kappa shape index (κ1) is 22.7. The van der Waals surface area contributed by atoms with Crippen LogP contribution in [0.1, 0.15) is 46.1 Å². The third kappa shape index (κ3) is 6.11. The SMILES string of the molecule is CC1=CCCC(C)(C)C1/C=C/C(C)[N+](C)(C)Cc1ccc(Cl)cc1.[I-]. The van der Waals surface area contributed by atoms with Crippen LogP contribution < -0.4 is 24.0 Å².